The second kappa shape index (κ2) is 6.06. The number of benzene rings is 1. The lowest BCUT2D eigenvalue weighted by Gasteiger charge is -2.42. The summed E-state index contributed by atoms with van der Waals surface area (Å²) in [5.74, 6) is -0.0454. The van der Waals surface area contributed by atoms with Crippen LogP contribution in [0.3, 0.4) is 0 Å². The standard InChI is InChI=1S/C15H22N2O2/c1-19-9-8-15(6-3-7-15)11-17-14(18)12-4-2-5-13(16)10-12/h2,4-5,10H,3,6-9,11,16H2,1H3,(H,17,18). The van der Waals surface area contributed by atoms with Crippen LogP contribution >= 0.6 is 0 Å². The van der Waals surface area contributed by atoms with Crippen LogP contribution < -0.4 is 11.1 Å². The van der Waals surface area contributed by atoms with Gasteiger partial charge < -0.3 is 15.8 Å². The predicted octanol–water partition coefficient (Wildman–Crippen LogP) is 2.21. The van der Waals surface area contributed by atoms with Crippen molar-refractivity contribution in [3.8, 4) is 0 Å². The second-order valence-electron chi connectivity index (χ2n) is 5.40. The minimum atomic E-state index is -0.0454. The third-order valence-electron chi connectivity index (χ3n) is 4.02. The summed E-state index contributed by atoms with van der Waals surface area (Å²) < 4.78 is 5.15. The highest BCUT2D eigenvalue weighted by Gasteiger charge is 2.36. The first-order chi connectivity index (χ1) is 9.15. The minimum absolute atomic E-state index is 0.0454. The van der Waals surface area contributed by atoms with E-state index in [1.807, 2.05) is 0 Å². The zero-order valence-electron chi connectivity index (χ0n) is 11.4. The summed E-state index contributed by atoms with van der Waals surface area (Å²) in [7, 11) is 1.72. The smallest absolute Gasteiger partial charge is 0.251 e. The summed E-state index contributed by atoms with van der Waals surface area (Å²) in [5, 5.41) is 3.03. The first-order valence-electron chi connectivity index (χ1n) is 6.78. The Morgan fingerprint density at radius 2 is 2.26 bits per heavy atom. The Labute approximate surface area is 114 Å². The lowest BCUT2D eigenvalue weighted by Crippen LogP contribution is -2.42. The van der Waals surface area contributed by atoms with Crippen LogP contribution in [-0.4, -0.2) is 26.2 Å². The van der Waals surface area contributed by atoms with E-state index in [1.54, 1.807) is 31.4 Å². The fraction of sp³-hybridized carbons (Fsp3) is 0.533. The molecular formula is C15H22N2O2. The second-order valence-corrected chi connectivity index (χ2v) is 5.40. The molecule has 0 saturated heterocycles. The van der Waals surface area contributed by atoms with E-state index in [0.29, 0.717) is 11.3 Å². The van der Waals surface area contributed by atoms with Gasteiger partial charge in [-0.15, -0.1) is 0 Å². The van der Waals surface area contributed by atoms with E-state index in [9.17, 15) is 4.79 Å². The number of anilines is 1. The van der Waals surface area contributed by atoms with Gasteiger partial charge >= 0.3 is 0 Å². The molecule has 1 aliphatic carbocycles. The van der Waals surface area contributed by atoms with Crippen LogP contribution in [0.15, 0.2) is 24.3 Å². The molecule has 1 fully saturated rings. The normalized spacial score (nSPS) is 16.7. The largest absolute Gasteiger partial charge is 0.399 e. The summed E-state index contributed by atoms with van der Waals surface area (Å²) in [4.78, 5) is 12.1. The van der Waals surface area contributed by atoms with Gasteiger partial charge in [-0.2, -0.15) is 0 Å². The average molecular weight is 262 g/mol. The average Bonchev–Trinajstić information content (AvgIpc) is 2.37. The molecule has 2 rings (SSSR count). The first-order valence-corrected chi connectivity index (χ1v) is 6.78. The monoisotopic (exact) mass is 262 g/mol. The third kappa shape index (κ3) is 3.47. The number of hydrogen-bond acceptors (Lipinski definition) is 3. The van der Waals surface area contributed by atoms with E-state index in [2.05, 4.69) is 5.32 Å². The molecule has 19 heavy (non-hydrogen) atoms. The van der Waals surface area contributed by atoms with E-state index in [-0.39, 0.29) is 11.3 Å². The molecule has 1 amide bonds. The van der Waals surface area contributed by atoms with Crippen molar-refractivity contribution in [2.24, 2.45) is 5.41 Å². The summed E-state index contributed by atoms with van der Waals surface area (Å²) in [6.07, 6.45) is 4.61. The lowest BCUT2D eigenvalue weighted by atomic mass is 9.66. The van der Waals surface area contributed by atoms with E-state index in [4.69, 9.17) is 10.5 Å². The zero-order chi connectivity index (χ0) is 13.7. The highest BCUT2D eigenvalue weighted by molar-refractivity contribution is 5.95. The Morgan fingerprint density at radius 1 is 1.47 bits per heavy atom. The van der Waals surface area contributed by atoms with Crippen molar-refractivity contribution in [3.05, 3.63) is 29.8 Å². The molecule has 4 nitrogen and oxygen atoms in total. The van der Waals surface area contributed by atoms with Crippen LogP contribution in [0.25, 0.3) is 0 Å². The molecule has 1 aromatic rings. The van der Waals surface area contributed by atoms with Crippen molar-refractivity contribution in [1.82, 2.24) is 5.32 Å². The van der Waals surface area contributed by atoms with E-state index >= 15 is 0 Å². The van der Waals surface area contributed by atoms with Gasteiger partial charge in [-0.3, -0.25) is 4.79 Å². The zero-order valence-corrected chi connectivity index (χ0v) is 11.4. The van der Waals surface area contributed by atoms with Crippen LogP contribution in [-0.2, 0) is 4.74 Å². The molecule has 3 N–H and O–H groups in total. The minimum Gasteiger partial charge on any atom is -0.399 e. The van der Waals surface area contributed by atoms with Crippen LogP contribution in [0.5, 0.6) is 0 Å². The number of nitrogen functional groups attached to an aromatic ring is 1. The van der Waals surface area contributed by atoms with Crippen molar-refractivity contribution in [2.45, 2.75) is 25.7 Å². The van der Waals surface area contributed by atoms with Crippen LogP contribution in [0.2, 0.25) is 0 Å². The van der Waals surface area contributed by atoms with E-state index < -0.39 is 0 Å². The molecular weight excluding hydrogens is 240 g/mol. The number of amides is 1. The van der Waals surface area contributed by atoms with Gasteiger partial charge in [-0.25, -0.2) is 0 Å². The highest BCUT2D eigenvalue weighted by Crippen LogP contribution is 2.43. The van der Waals surface area contributed by atoms with Gasteiger partial charge in [-0.1, -0.05) is 12.5 Å². The fourth-order valence-electron chi connectivity index (χ4n) is 2.56. The van der Waals surface area contributed by atoms with E-state index in [1.165, 1.54) is 19.3 Å². The van der Waals surface area contributed by atoms with Crippen molar-refractivity contribution >= 4 is 11.6 Å². The van der Waals surface area contributed by atoms with Gasteiger partial charge in [0.2, 0.25) is 0 Å². The maximum atomic E-state index is 12.1. The molecule has 0 atom stereocenters. The summed E-state index contributed by atoms with van der Waals surface area (Å²) in [5.41, 5.74) is 7.17. The van der Waals surface area contributed by atoms with Crippen LogP contribution in [0.4, 0.5) is 5.69 Å². The summed E-state index contributed by atoms with van der Waals surface area (Å²) in [6.45, 7) is 1.48. The predicted molar refractivity (Wildman–Crippen MR) is 76.0 cm³/mol. The summed E-state index contributed by atoms with van der Waals surface area (Å²) >= 11 is 0. The molecule has 0 aliphatic heterocycles. The SMILES string of the molecule is COCCC1(CNC(=O)c2cccc(N)c2)CCC1. The van der Waals surface area contributed by atoms with Crippen molar-refractivity contribution in [2.75, 3.05) is 26.0 Å². The first kappa shape index (κ1) is 13.9. The number of rotatable bonds is 6. The topological polar surface area (TPSA) is 64.3 Å². The number of methoxy groups -OCH3 is 1. The Morgan fingerprint density at radius 3 is 2.84 bits per heavy atom. The van der Waals surface area contributed by atoms with Crippen LogP contribution in [0.1, 0.15) is 36.0 Å². The van der Waals surface area contributed by atoms with Crippen molar-refractivity contribution < 1.29 is 9.53 Å². The van der Waals surface area contributed by atoms with Gasteiger partial charge in [0.25, 0.3) is 5.91 Å². The number of ether oxygens (including phenoxy) is 1. The molecule has 1 aromatic carbocycles. The van der Waals surface area contributed by atoms with Gasteiger partial charge in [0, 0.05) is 31.5 Å². The molecule has 1 saturated carbocycles. The molecule has 0 heterocycles. The molecule has 4 heteroatoms. The Bertz CT molecular complexity index is 442. The molecule has 104 valence electrons. The number of nitrogens with one attached hydrogen (secondary N) is 1. The lowest BCUT2D eigenvalue weighted by molar-refractivity contribution is 0.0631. The number of carbonyl (C=O) groups is 1. The Balaban J connectivity index is 1.89. The summed E-state index contributed by atoms with van der Waals surface area (Å²) in [6, 6.07) is 7.07. The fourth-order valence-corrected chi connectivity index (χ4v) is 2.56. The third-order valence-corrected chi connectivity index (χ3v) is 4.02. The molecule has 1 aliphatic rings. The van der Waals surface area contributed by atoms with Gasteiger partial charge in [0.15, 0.2) is 0 Å². The van der Waals surface area contributed by atoms with Crippen molar-refractivity contribution in [1.29, 1.82) is 0 Å². The highest BCUT2D eigenvalue weighted by atomic mass is 16.5. The number of carbonyl (C=O) groups excluding carboxylic acids is 1. The molecule has 0 spiro atoms. The Hall–Kier alpha value is -1.55. The molecule has 0 radical (unpaired) electrons. The number of nitrogens with two attached hydrogens (primary N) is 1. The van der Waals surface area contributed by atoms with E-state index in [0.717, 1.165) is 19.6 Å². The molecule has 0 unspecified atom stereocenters. The van der Waals surface area contributed by atoms with Gasteiger partial charge in [0.05, 0.1) is 0 Å². The Kier molecular flexibility index (Phi) is 4.43. The maximum absolute atomic E-state index is 12.1. The molecule has 0 bridgehead atoms. The maximum Gasteiger partial charge on any atom is 0.251 e. The van der Waals surface area contributed by atoms with Crippen LogP contribution in [0, 0.1) is 5.41 Å². The van der Waals surface area contributed by atoms with Gasteiger partial charge in [-0.05, 0) is 42.9 Å². The van der Waals surface area contributed by atoms with Crippen molar-refractivity contribution in [3.63, 3.8) is 0 Å². The molecule has 0 aromatic heterocycles. The number of hydrogen-bond donors (Lipinski definition) is 2. The quantitative estimate of drug-likeness (QED) is 0.772. The van der Waals surface area contributed by atoms with Gasteiger partial charge in [0.1, 0.15) is 0 Å².